The first kappa shape index (κ1) is 13.4. The van der Waals surface area contributed by atoms with Gasteiger partial charge in [0.05, 0.1) is 17.5 Å². The predicted molar refractivity (Wildman–Crippen MR) is 77.3 cm³/mol. The Balaban J connectivity index is 1.74. The third-order valence-electron chi connectivity index (χ3n) is 2.90. The van der Waals surface area contributed by atoms with E-state index in [0.717, 1.165) is 0 Å². The summed E-state index contributed by atoms with van der Waals surface area (Å²) in [6, 6.07) is 10.1. The van der Waals surface area contributed by atoms with Crippen molar-refractivity contribution in [1.29, 1.82) is 5.26 Å². The van der Waals surface area contributed by atoms with E-state index in [9.17, 15) is 0 Å². The number of hydrogen-bond donors (Lipinski definition) is 1. The summed E-state index contributed by atoms with van der Waals surface area (Å²) in [7, 11) is 0. The van der Waals surface area contributed by atoms with E-state index in [-0.39, 0.29) is 0 Å². The first-order chi connectivity index (χ1) is 10.3. The van der Waals surface area contributed by atoms with Crippen molar-refractivity contribution in [3.05, 3.63) is 47.5 Å². The zero-order valence-electron chi connectivity index (χ0n) is 11.2. The SMILES string of the molecule is Cc1ccccc1SCc1noc(-c2cn[nH]c2C#N)n1. The molecule has 1 aromatic carbocycles. The molecule has 3 aromatic rings. The Bertz CT molecular complexity index is 802. The Kier molecular flexibility index (Phi) is 3.71. The lowest BCUT2D eigenvalue weighted by molar-refractivity contribution is 0.425. The Labute approximate surface area is 125 Å². The van der Waals surface area contributed by atoms with Crippen LogP contribution < -0.4 is 0 Å². The summed E-state index contributed by atoms with van der Waals surface area (Å²) in [5.74, 6) is 1.50. The summed E-state index contributed by atoms with van der Waals surface area (Å²) in [6.07, 6.45) is 1.50. The lowest BCUT2D eigenvalue weighted by atomic mass is 10.2. The molecule has 0 saturated carbocycles. The fourth-order valence-electron chi connectivity index (χ4n) is 1.82. The van der Waals surface area contributed by atoms with E-state index in [2.05, 4.69) is 39.4 Å². The minimum absolute atomic E-state index is 0.306. The molecular formula is C14H11N5OS. The monoisotopic (exact) mass is 297 g/mol. The third-order valence-corrected chi connectivity index (χ3v) is 4.07. The molecule has 21 heavy (non-hydrogen) atoms. The van der Waals surface area contributed by atoms with Gasteiger partial charge in [0.2, 0.25) is 0 Å². The number of benzene rings is 1. The van der Waals surface area contributed by atoms with Crippen molar-refractivity contribution in [2.75, 3.05) is 0 Å². The second-order valence-corrected chi connectivity index (χ2v) is 5.36. The van der Waals surface area contributed by atoms with Crippen molar-refractivity contribution in [1.82, 2.24) is 20.3 Å². The number of nitrogens with one attached hydrogen (secondary N) is 1. The number of aromatic nitrogens is 4. The van der Waals surface area contributed by atoms with E-state index in [4.69, 9.17) is 9.78 Å². The average Bonchev–Trinajstić information content (AvgIpc) is 3.14. The molecule has 0 radical (unpaired) electrons. The number of thioether (sulfide) groups is 1. The van der Waals surface area contributed by atoms with Gasteiger partial charge in [0.25, 0.3) is 5.89 Å². The highest BCUT2D eigenvalue weighted by molar-refractivity contribution is 7.98. The molecule has 0 aliphatic heterocycles. The van der Waals surface area contributed by atoms with Gasteiger partial charge in [-0.15, -0.1) is 11.8 Å². The molecular weight excluding hydrogens is 286 g/mol. The third kappa shape index (κ3) is 2.80. The van der Waals surface area contributed by atoms with Crippen LogP contribution in [-0.2, 0) is 5.75 Å². The van der Waals surface area contributed by atoms with E-state index in [1.807, 2.05) is 18.2 Å². The summed E-state index contributed by atoms with van der Waals surface area (Å²) in [6.45, 7) is 2.06. The molecule has 0 aliphatic rings. The topological polar surface area (TPSA) is 91.4 Å². The number of H-pyrrole nitrogens is 1. The molecule has 0 atom stereocenters. The molecule has 0 spiro atoms. The van der Waals surface area contributed by atoms with Crippen LogP contribution in [0.15, 0.2) is 39.9 Å². The Morgan fingerprint density at radius 2 is 2.24 bits per heavy atom. The van der Waals surface area contributed by atoms with Crippen LogP contribution >= 0.6 is 11.8 Å². The molecule has 0 fully saturated rings. The molecule has 7 heteroatoms. The standard InChI is InChI=1S/C14H11N5OS/c1-9-4-2-3-5-12(9)21-8-13-17-14(20-19-13)10-7-16-18-11(10)6-15/h2-5,7H,8H2,1H3,(H,16,18). The molecule has 0 bridgehead atoms. The van der Waals surface area contributed by atoms with Gasteiger partial charge < -0.3 is 4.52 Å². The fraction of sp³-hybridized carbons (Fsp3) is 0.143. The zero-order valence-corrected chi connectivity index (χ0v) is 12.0. The van der Waals surface area contributed by atoms with Crippen LogP contribution in [0.5, 0.6) is 0 Å². The number of hydrogen-bond acceptors (Lipinski definition) is 6. The predicted octanol–water partition coefficient (Wildman–Crippen LogP) is 2.93. The number of rotatable bonds is 4. The van der Waals surface area contributed by atoms with E-state index in [1.165, 1.54) is 16.7 Å². The molecule has 2 heterocycles. The fourth-order valence-corrected chi connectivity index (χ4v) is 2.69. The summed E-state index contributed by atoms with van der Waals surface area (Å²) in [5.41, 5.74) is 2.06. The molecule has 6 nitrogen and oxygen atoms in total. The smallest absolute Gasteiger partial charge is 0.262 e. The van der Waals surface area contributed by atoms with E-state index >= 15 is 0 Å². The lowest BCUT2D eigenvalue weighted by Crippen LogP contribution is -1.86. The van der Waals surface area contributed by atoms with Crippen molar-refractivity contribution >= 4 is 11.8 Å². The molecule has 2 aromatic heterocycles. The van der Waals surface area contributed by atoms with Crippen LogP contribution in [-0.4, -0.2) is 20.3 Å². The van der Waals surface area contributed by atoms with Gasteiger partial charge in [0, 0.05) is 4.90 Å². The quantitative estimate of drug-likeness (QED) is 0.744. The number of aromatic amines is 1. The first-order valence-electron chi connectivity index (χ1n) is 6.23. The van der Waals surface area contributed by atoms with E-state index < -0.39 is 0 Å². The normalized spacial score (nSPS) is 10.5. The highest BCUT2D eigenvalue weighted by atomic mass is 32.2. The van der Waals surface area contributed by atoms with Crippen molar-refractivity contribution in [3.8, 4) is 17.5 Å². The number of nitriles is 1. The highest BCUT2D eigenvalue weighted by Gasteiger charge is 2.15. The number of nitrogens with zero attached hydrogens (tertiary/aromatic N) is 4. The average molecular weight is 297 g/mol. The van der Waals surface area contributed by atoms with Gasteiger partial charge in [-0.2, -0.15) is 15.3 Å². The van der Waals surface area contributed by atoms with Crippen molar-refractivity contribution in [2.45, 2.75) is 17.6 Å². The van der Waals surface area contributed by atoms with Crippen LogP contribution in [0.3, 0.4) is 0 Å². The molecule has 0 unspecified atom stereocenters. The highest BCUT2D eigenvalue weighted by Crippen LogP contribution is 2.26. The van der Waals surface area contributed by atoms with Crippen LogP contribution in [0.2, 0.25) is 0 Å². The van der Waals surface area contributed by atoms with Gasteiger partial charge in [-0.25, -0.2) is 0 Å². The van der Waals surface area contributed by atoms with Crippen molar-refractivity contribution in [2.24, 2.45) is 0 Å². The summed E-state index contributed by atoms with van der Waals surface area (Å²) in [4.78, 5) is 5.48. The minimum Gasteiger partial charge on any atom is -0.334 e. The number of aryl methyl sites for hydroxylation is 1. The molecule has 0 amide bonds. The van der Waals surface area contributed by atoms with Crippen molar-refractivity contribution in [3.63, 3.8) is 0 Å². The van der Waals surface area contributed by atoms with Gasteiger partial charge in [-0.3, -0.25) is 5.10 Å². The van der Waals surface area contributed by atoms with Crippen molar-refractivity contribution < 1.29 is 4.52 Å². The maximum absolute atomic E-state index is 8.94. The summed E-state index contributed by atoms with van der Waals surface area (Å²) < 4.78 is 5.18. The molecule has 0 saturated heterocycles. The van der Waals surface area contributed by atoms with Crippen LogP contribution in [0, 0.1) is 18.3 Å². The van der Waals surface area contributed by atoms with E-state index in [1.54, 1.807) is 11.8 Å². The first-order valence-corrected chi connectivity index (χ1v) is 7.21. The van der Waals surface area contributed by atoms with Crippen LogP contribution in [0.1, 0.15) is 17.1 Å². The Hall–Kier alpha value is -2.59. The molecule has 104 valence electrons. The molecule has 1 N–H and O–H groups in total. The Morgan fingerprint density at radius 3 is 3.05 bits per heavy atom. The summed E-state index contributed by atoms with van der Waals surface area (Å²) in [5, 5.41) is 19.3. The molecule has 3 rings (SSSR count). The van der Waals surface area contributed by atoms with Crippen LogP contribution in [0.25, 0.3) is 11.5 Å². The second kappa shape index (κ2) is 5.81. The van der Waals surface area contributed by atoms with Gasteiger partial charge in [0.1, 0.15) is 11.8 Å². The zero-order chi connectivity index (χ0) is 14.7. The van der Waals surface area contributed by atoms with Gasteiger partial charge in [-0.05, 0) is 18.6 Å². The largest absolute Gasteiger partial charge is 0.334 e. The maximum atomic E-state index is 8.94. The Morgan fingerprint density at radius 1 is 1.38 bits per heavy atom. The van der Waals surface area contributed by atoms with Gasteiger partial charge in [0.15, 0.2) is 5.82 Å². The minimum atomic E-state index is 0.306. The second-order valence-electron chi connectivity index (χ2n) is 4.34. The summed E-state index contributed by atoms with van der Waals surface area (Å²) >= 11 is 1.65. The van der Waals surface area contributed by atoms with Gasteiger partial charge in [-0.1, -0.05) is 23.4 Å². The lowest BCUT2D eigenvalue weighted by Gasteiger charge is -2.01. The van der Waals surface area contributed by atoms with Gasteiger partial charge >= 0.3 is 0 Å². The molecule has 0 aliphatic carbocycles. The maximum Gasteiger partial charge on any atom is 0.262 e. The van der Waals surface area contributed by atoms with E-state index in [0.29, 0.717) is 28.7 Å². The van der Waals surface area contributed by atoms with Crippen LogP contribution in [0.4, 0.5) is 0 Å².